The SMILES string of the molecule is C=CCOC(CO)(CO)CCO. The van der Waals surface area contributed by atoms with Crippen molar-refractivity contribution >= 4 is 0 Å². The quantitative estimate of drug-likeness (QED) is 0.448. The molecular weight excluding hydrogens is 160 g/mol. The summed E-state index contributed by atoms with van der Waals surface area (Å²) in [6, 6.07) is 0. The zero-order valence-electron chi connectivity index (χ0n) is 7.07. The fourth-order valence-corrected chi connectivity index (χ4v) is 0.811. The molecule has 0 radical (unpaired) electrons. The lowest BCUT2D eigenvalue weighted by Crippen LogP contribution is -2.41. The summed E-state index contributed by atoms with van der Waals surface area (Å²) in [7, 11) is 0. The van der Waals surface area contributed by atoms with Gasteiger partial charge in [-0.2, -0.15) is 0 Å². The van der Waals surface area contributed by atoms with Gasteiger partial charge in [-0.1, -0.05) is 6.08 Å². The molecule has 0 rings (SSSR count). The normalized spacial score (nSPS) is 11.6. The van der Waals surface area contributed by atoms with Gasteiger partial charge in [0.1, 0.15) is 5.60 Å². The average Bonchev–Trinajstić information content (AvgIpc) is 2.13. The van der Waals surface area contributed by atoms with Crippen molar-refractivity contribution in [2.24, 2.45) is 0 Å². The van der Waals surface area contributed by atoms with Gasteiger partial charge < -0.3 is 20.1 Å². The molecule has 0 unspecified atom stereocenters. The Morgan fingerprint density at radius 3 is 2.17 bits per heavy atom. The second-order valence-corrected chi connectivity index (χ2v) is 2.57. The first kappa shape index (κ1) is 11.6. The predicted molar refractivity (Wildman–Crippen MR) is 44.8 cm³/mol. The van der Waals surface area contributed by atoms with Gasteiger partial charge in [-0.15, -0.1) is 6.58 Å². The largest absolute Gasteiger partial charge is 0.396 e. The van der Waals surface area contributed by atoms with Crippen LogP contribution in [-0.2, 0) is 4.74 Å². The summed E-state index contributed by atoms with van der Waals surface area (Å²) in [5.74, 6) is 0. The van der Waals surface area contributed by atoms with E-state index in [1.165, 1.54) is 6.08 Å². The fraction of sp³-hybridized carbons (Fsp3) is 0.750. The van der Waals surface area contributed by atoms with Crippen molar-refractivity contribution in [3.63, 3.8) is 0 Å². The molecule has 0 amide bonds. The summed E-state index contributed by atoms with van der Waals surface area (Å²) >= 11 is 0. The van der Waals surface area contributed by atoms with E-state index in [0.29, 0.717) is 0 Å². The molecule has 12 heavy (non-hydrogen) atoms. The van der Waals surface area contributed by atoms with E-state index in [1.807, 2.05) is 0 Å². The molecule has 0 aromatic heterocycles. The van der Waals surface area contributed by atoms with Crippen LogP contribution in [0.4, 0.5) is 0 Å². The molecule has 0 aliphatic heterocycles. The van der Waals surface area contributed by atoms with Crippen molar-refractivity contribution in [3.8, 4) is 0 Å². The van der Waals surface area contributed by atoms with Crippen LogP contribution in [0.5, 0.6) is 0 Å². The molecule has 4 heteroatoms. The fourth-order valence-electron chi connectivity index (χ4n) is 0.811. The van der Waals surface area contributed by atoms with Crippen LogP contribution in [0.25, 0.3) is 0 Å². The zero-order chi connectivity index (χ0) is 9.45. The summed E-state index contributed by atoms with van der Waals surface area (Å²) in [6.07, 6.45) is 1.74. The smallest absolute Gasteiger partial charge is 0.117 e. The number of hydrogen-bond donors (Lipinski definition) is 3. The van der Waals surface area contributed by atoms with E-state index in [2.05, 4.69) is 6.58 Å². The maximum atomic E-state index is 8.90. The van der Waals surface area contributed by atoms with Crippen LogP contribution in [-0.4, -0.2) is 47.3 Å². The third-order valence-corrected chi connectivity index (χ3v) is 1.65. The van der Waals surface area contributed by atoms with Gasteiger partial charge in [-0.05, 0) is 0 Å². The molecule has 0 saturated carbocycles. The Balaban J connectivity index is 4.03. The van der Waals surface area contributed by atoms with Gasteiger partial charge in [0.25, 0.3) is 0 Å². The molecule has 0 fully saturated rings. The Kier molecular flexibility index (Phi) is 5.92. The minimum Gasteiger partial charge on any atom is -0.396 e. The molecule has 0 spiro atoms. The van der Waals surface area contributed by atoms with E-state index < -0.39 is 5.60 Å². The van der Waals surface area contributed by atoms with E-state index in [1.54, 1.807) is 0 Å². The van der Waals surface area contributed by atoms with Crippen molar-refractivity contribution in [2.75, 3.05) is 26.4 Å². The molecule has 0 aromatic carbocycles. The van der Waals surface area contributed by atoms with Gasteiger partial charge in [0.15, 0.2) is 0 Å². The average molecular weight is 176 g/mol. The molecule has 0 aliphatic carbocycles. The summed E-state index contributed by atoms with van der Waals surface area (Å²) in [4.78, 5) is 0. The Morgan fingerprint density at radius 2 is 1.83 bits per heavy atom. The van der Waals surface area contributed by atoms with Crippen molar-refractivity contribution in [1.29, 1.82) is 0 Å². The van der Waals surface area contributed by atoms with Crippen LogP contribution in [0.1, 0.15) is 6.42 Å². The van der Waals surface area contributed by atoms with E-state index >= 15 is 0 Å². The number of aliphatic hydroxyl groups is 3. The van der Waals surface area contributed by atoms with Gasteiger partial charge in [0.2, 0.25) is 0 Å². The van der Waals surface area contributed by atoms with Gasteiger partial charge >= 0.3 is 0 Å². The van der Waals surface area contributed by atoms with Gasteiger partial charge in [-0.3, -0.25) is 0 Å². The highest BCUT2D eigenvalue weighted by Gasteiger charge is 2.28. The van der Waals surface area contributed by atoms with Gasteiger partial charge in [0.05, 0.1) is 19.8 Å². The highest BCUT2D eigenvalue weighted by Crippen LogP contribution is 2.14. The maximum Gasteiger partial charge on any atom is 0.117 e. The first-order valence-corrected chi connectivity index (χ1v) is 3.82. The maximum absolute atomic E-state index is 8.90. The molecule has 0 saturated heterocycles. The Morgan fingerprint density at radius 1 is 1.25 bits per heavy atom. The monoisotopic (exact) mass is 176 g/mol. The minimum atomic E-state index is -1.02. The molecule has 72 valence electrons. The lowest BCUT2D eigenvalue weighted by atomic mass is 10.0. The van der Waals surface area contributed by atoms with Crippen molar-refractivity contribution in [2.45, 2.75) is 12.0 Å². The summed E-state index contributed by atoms with van der Waals surface area (Å²) < 4.78 is 5.14. The predicted octanol–water partition coefficient (Wildman–Crippen LogP) is -0.705. The Labute approximate surface area is 72.1 Å². The highest BCUT2D eigenvalue weighted by molar-refractivity contribution is 4.80. The van der Waals surface area contributed by atoms with Crippen molar-refractivity contribution < 1.29 is 20.1 Å². The van der Waals surface area contributed by atoms with Crippen LogP contribution in [0.2, 0.25) is 0 Å². The van der Waals surface area contributed by atoms with Crippen molar-refractivity contribution in [3.05, 3.63) is 12.7 Å². The lowest BCUT2D eigenvalue weighted by molar-refractivity contribution is -0.109. The molecule has 4 nitrogen and oxygen atoms in total. The summed E-state index contributed by atoms with van der Waals surface area (Å²) in [5, 5.41) is 26.4. The van der Waals surface area contributed by atoms with E-state index in [-0.39, 0.29) is 32.8 Å². The lowest BCUT2D eigenvalue weighted by Gasteiger charge is -2.28. The molecule has 0 aliphatic rings. The number of rotatable bonds is 7. The summed E-state index contributed by atoms with van der Waals surface area (Å²) in [6.45, 7) is 2.95. The second kappa shape index (κ2) is 6.14. The van der Waals surface area contributed by atoms with Gasteiger partial charge in [-0.25, -0.2) is 0 Å². The topological polar surface area (TPSA) is 69.9 Å². The van der Waals surface area contributed by atoms with Crippen LogP contribution in [0, 0.1) is 0 Å². The molecule has 0 heterocycles. The Bertz CT molecular complexity index is 120. The van der Waals surface area contributed by atoms with E-state index in [4.69, 9.17) is 20.1 Å². The Hall–Kier alpha value is -0.420. The molecule has 0 atom stereocenters. The molecule has 0 bridgehead atoms. The van der Waals surface area contributed by atoms with Gasteiger partial charge in [0, 0.05) is 13.0 Å². The standard InChI is InChI=1S/C8H16O4/c1-2-5-12-8(6-10,7-11)3-4-9/h2,9-11H,1,3-7H2. The van der Waals surface area contributed by atoms with Crippen LogP contribution in [0.15, 0.2) is 12.7 Å². The minimum absolute atomic E-state index is 0.127. The molecule has 0 aromatic rings. The second-order valence-electron chi connectivity index (χ2n) is 2.57. The van der Waals surface area contributed by atoms with Crippen LogP contribution < -0.4 is 0 Å². The van der Waals surface area contributed by atoms with Crippen LogP contribution >= 0.6 is 0 Å². The molecular formula is C8H16O4. The third-order valence-electron chi connectivity index (χ3n) is 1.65. The number of hydrogen-bond acceptors (Lipinski definition) is 4. The molecule has 3 N–H and O–H groups in total. The van der Waals surface area contributed by atoms with E-state index in [0.717, 1.165) is 0 Å². The zero-order valence-corrected chi connectivity index (χ0v) is 7.07. The van der Waals surface area contributed by atoms with E-state index in [9.17, 15) is 0 Å². The number of ether oxygens (including phenoxy) is 1. The third kappa shape index (κ3) is 3.32. The first-order valence-electron chi connectivity index (χ1n) is 3.82. The first-order chi connectivity index (χ1) is 5.74. The highest BCUT2D eigenvalue weighted by atomic mass is 16.5. The summed E-state index contributed by atoms with van der Waals surface area (Å²) in [5.41, 5.74) is -1.02. The van der Waals surface area contributed by atoms with Crippen molar-refractivity contribution in [1.82, 2.24) is 0 Å². The van der Waals surface area contributed by atoms with Crippen LogP contribution in [0.3, 0.4) is 0 Å². The number of aliphatic hydroxyl groups excluding tert-OH is 3.